The van der Waals surface area contributed by atoms with Crippen LogP contribution in [0.2, 0.25) is 0 Å². The van der Waals surface area contributed by atoms with Crippen molar-refractivity contribution >= 4 is 22.3 Å². The Balaban J connectivity index is 1.94. The van der Waals surface area contributed by atoms with Crippen LogP contribution in [0.5, 0.6) is 0 Å². The molecule has 20 heavy (non-hydrogen) atoms. The Morgan fingerprint density at radius 1 is 1.35 bits per heavy atom. The van der Waals surface area contributed by atoms with Crippen LogP contribution < -0.4 is 5.73 Å². The summed E-state index contributed by atoms with van der Waals surface area (Å²) in [6.07, 6.45) is 2.58. The molecule has 1 aromatic heterocycles. The van der Waals surface area contributed by atoms with Crippen molar-refractivity contribution in [1.29, 1.82) is 0 Å². The summed E-state index contributed by atoms with van der Waals surface area (Å²) in [5, 5.41) is 2.44. The third-order valence-electron chi connectivity index (χ3n) is 3.57. The lowest BCUT2D eigenvalue weighted by Gasteiger charge is -2.06. The Morgan fingerprint density at radius 3 is 2.65 bits per heavy atom. The molecule has 104 valence electrons. The van der Waals surface area contributed by atoms with Gasteiger partial charge in [-0.25, -0.2) is 4.79 Å². The summed E-state index contributed by atoms with van der Waals surface area (Å²) >= 11 is 1.38. The number of nitrogen functional groups attached to an aromatic ring is 1. The van der Waals surface area contributed by atoms with Crippen LogP contribution >= 0.6 is 11.3 Å². The maximum Gasteiger partial charge on any atom is 0.341 e. The van der Waals surface area contributed by atoms with Crippen LogP contribution in [0.3, 0.4) is 0 Å². The summed E-state index contributed by atoms with van der Waals surface area (Å²) in [4.78, 5) is 12.0. The molecule has 0 bridgehead atoms. The summed E-state index contributed by atoms with van der Waals surface area (Å²) in [5.74, 6) is 0.397. The fourth-order valence-electron chi connectivity index (χ4n) is 2.35. The van der Waals surface area contributed by atoms with Gasteiger partial charge in [0.25, 0.3) is 0 Å². The number of hydrogen-bond acceptors (Lipinski definition) is 4. The Hall–Kier alpha value is -1.81. The minimum atomic E-state index is -0.340. The van der Waals surface area contributed by atoms with E-state index in [1.807, 2.05) is 5.38 Å². The van der Waals surface area contributed by atoms with E-state index in [-0.39, 0.29) is 5.97 Å². The van der Waals surface area contributed by atoms with Gasteiger partial charge < -0.3 is 10.5 Å². The maximum atomic E-state index is 12.0. The summed E-state index contributed by atoms with van der Waals surface area (Å²) in [6, 6.07) is 8.43. The van der Waals surface area contributed by atoms with Crippen LogP contribution in [-0.2, 0) is 4.74 Å². The Morgan fingerprint density at radius 2 is 2.05 bits per heavy atom. The van der Waals surface area contributed by atoms with Gasteiger partial charge in [0, 0.05) is 10.9 Å². The first-order valence-corrected chi connectivity index (χ1v) is 7.73. The molecule has 0 saturated heterocycles. The minimum absolute atomic E-state index is 0.340. The minimum Gasteiger partial charge on any atom is -0.462 e. The average Bonchev–Trinajstić information content (AvgIpc) is 3.22. The molecule has 2 N–H and O–H groups in total. The smallest absolute Gasteiger partial charge is 0.341 e. The van der Waals surface area contributed by atoms with Crippen molar-refractivity contribution in [1.82, 2.24) is 0 Å². The molecule has 1 aliphatic carbocycles. The van der Waals surface area contributed by atoms with Gasteiger partial charge in [-0.2, -0.15) is 0 Å². The summed E-state index contributed by atoms with van der Waals surface area (Å²) < 4.78 is 5.09. The first-order valence-electron chi connectivity index (χ1n) is 6.85. The summed E-state index contributed by atoms with van der Waals surface area (Å²) in [6.45, 7) is 2.15. The second kappa shape index (κ2) is 5.29. The third kappa shape index (κ3) is 2.43. The Labute approximate surface area is 122 Å². The molecular formula is C16H17NO2S. The molecule has 2 aromatic rings. The first-order chi connectivity index (χ1) is 9.70. The number of esters is 1. The van der Waals surface area contributed by atoms with Crippen molar-refractivity contribution in [2.45, 2.75) is 25.7 Å². The van der Waals surface area contributed by atoms with Gasteiger partial charge in [0.2, 0.25) is 0 Å². The van der Waals surface area contributed by atoms with Crippen molar-refractivity contribution < 1.29 is 9.53 Å². The van der Waals surface area contributed by atoms with Crippen LogP contribution in [0.15, 0.2) is 29.6 Å². The van der Waals surface area contributed by atoms with Crippen LogP contribution in [-0.4, -0.2) is 12.6 Å². The highest BCUT2D eigenvalue weighted by Crippen LogP contribution is 2.41. The number of nitrogens with two attached hydrogens (primary N) is 1. The van der Waals surface area contributed by atoms with E-state index >= 15 is 0 Å². The normalized spacial score (nSPS) is 14.2. The molecule has 0 amide bonds. The van der Waals surface area contributed by atoms with E-state index in [2.05, 4.69) is 24.3 Å². The molecule has 0 atom stereocenters. The molecule has 1 heterocycles. The topological polar surface area (TPSA) is 52.3 Å². The van der Waals surface area contributed by atoms with E-state index in [1.165, 1.54) is 29.7 Å². The lowest BCUT2D eigenvalue weighted by molar-refractivity contribution is 0.0529. The largest absolute Gasteiger partial charge is 0.462 e. The average molecular weight is 287 g/mol. The fourth-order valence-corrected chi connectivity index (χ4v) is 3.16. The van der Waals surface area contributed by atoms with Crippen molar-refractivity contribution in [2.24, 2.45) is 0 Å². The monoisotopic (exact) mass is 287 g/mol. The van der Waals surface area contributed by atoms with Crippen LogP contribution in [0.4, 0.5) is 5.00 Å². The molecule has 3 nitrogen and oxygen atoms in total. The standard InChI is InChI=1S/C16H17NO2S/c1-2-19-16(18)14-13(9-20-15(14)17)12-7-5-11(6-8-12)10-3-4-10/h5-10H,2-4,17H2,1H3. The zero-order valence-corrected chi connectivity index (χ0v) is 12.2. The van der Waals surface area contributed by atoms with Crippen LogP contribution in [0.25, 0.3) is 11.1 Å². The van der Waals surface area contributed by atoms with Gasteiger partial charge in [-0.05, 0) is 36.8 Å². The highest BCUT2D eigenvalue weighted by Gasteiger charge is 2.24. The second-order valence-electron chi connectivity index (χ2n) is 5.01. The molecule has 1 aromatic carbocycles. The van der Waals surface area contributed by atoms with Crippen molar-refractivity contribution in [3.63, 3.8) is 0 Å². The van der Waals surface area contributed by atoms with Gasteiger partial charge in [0.1, 0.15) is 10.6 Å². The lowest BCUT2D eigenvalue weighted by atomic mass is 10.0. The molecule has 4 heteroatoms. The molecular weight excluding hydrogens is 270 g/mol. The second-order valence-corrected chi connectivity index (χ2v) is 5.92. The van der Waals surface area contributed by atoms with Gasteiger partial charge in [0.15, 0.2) is 0 Å². The number of carbonyl (C=O) groups excluding carboxylic acids is 1. The fraction of sp³-hybridized carbons (Fsp3) is 0.312. The van der Waals surface area contributed by atoms with Crippen molar-refractivity contribution in [2.75, 3.05) is 12.3 Å². The quantitative estimate of drug-likeness (QED) is 0.863. The zero-order chi connectivity index (χ0) is 14.1. The predicted molar refractivity (Wildman–Crippen MR) is 82.1 cm³/mol. The number of anilines is 1. The first kappa shape index (κ1) is 13.2. The maximum absolute atomic E-state index is 12.0. The third-order valence-corrected chi connectivity index (χ3v) is 4.38. The SMILES string of the molecule is CCOC(=O)c1c(-c2ccc(C3CC3)cc2)csc1N. The van der Waals surface area contributed by atoms with Gasteiger partial charge >= 0.3 is 5.97 Å². The van der Waals surface area contributed by atoms with Gasteiger partial charge in [-0.3, -0.25) is 0 Å². The molecule has 0 aliphatic heterocycles. The lowest BCUT2D eigenvalue weighted by Crippen LogP contribution is -2.07. The van der Waals surface area contributed by atoms with E-state index in [1.54, 1.807) is 6.92 Å². The van der Waals surface area contributed by atoms with Gasteiger partial charge in [-0.1, -0.05) is 24.3 Å². The van der Waals surface area contributed by atoms with Crippen LogP contribution in [0.1, 0.15) is 41.6 Å². The summed E-state index contributed by atoms with van der Waals surface area (Å²) in [7, 11) is 0. The molecule has 0 spiro atoms. The van der Waals surface area contributed by atoms with Gasteiger partial charge in [-0.15, -0.1) is 11.3 Å². The number of thiophene rings is 1. The highest BCUT2D eigenvalue weighted by atomic mass is 32.1. The zero-order valence-electron chi connectivity index (χ0n) is 11.4. The molecule has 1 aliphatic rings. The van der Waals surface area contributed by atoms with E-state index in [0.29, 0.717) is 17.2 Å². The highest BCUT2D eigenvalue weighted by molar-refractivity contribution is 7.14. The van der Waals surface area contributed by atoms with Crippen molar-refractivity contribution in [3.05, 3.63) is 40.8 Å². The molecule has 3 rings (SSSR count). The van der Waals surface area contributed by atoms with Crippen LogP contribution in [0, 0.1) is 0 Å². The molecule has 1 fully saturated rings. The van der Waals surface area contributed by atoms with Crippen molar-refractivity contribution in [3.8, 4) is 11.1 Å². The molecule has 1 saturated carbocycles. The van der Waals surface area contributed by atoms with E-state index in [0.717, 1.165) is 17.0 Å². The number of rotatable bonds is 4. The number of ether oxygens (including phenoxy) is 1. The Kier molecular flexibility index (Phi) is 3.49. The van der Waals surface area contributed by atoms with Gasteiger partial charge in [0.05, 0.1) is 6.61 Å². The van der Waals surface area contributed by atoms with E-state index in [9.17, 15) is 4.79 Å². The van der Waals surface area contributed by atoms with E-state index < -0.39 is 0 Å². The number of carbonyl (C=O) groups is 1. The molecule has 0 unspecified atom stereocenters. The van der Waals surface area contributed by atoms with E-state index in [4.69, 9.17) is 10.5 Å². The summed E-state index contributed by atoms with van der Waals surface area (Å²) in [5.41, 5.74) is 9.68. The number of hydrogen-bond donors (Lipinski definition) is 1. The predicted octanol–water partition coefficient (Wildman–Crippen LogP) is 4.05. The molecule has 0 radical (unpaired) electrons. The Bertz CT molecular complexity index is 626. The number of benzene rings is 1.